The Labute approximate surface area is 83.3 Å². The Kier molecular flexibility index (Phi) is 4.32. The lowest BCUT2D eigenvalue weighted by Crippen LogP contribution is -2.20. The van der Waals surface area contributed by atoms with E-state index in [0.717, 1.165) is 0 Å². The van der Waals surface area contributed by atoms with Crippen LogP contribution < -0.4 is 5.32 Å². The minimum absolute atomic E-state index is 0.102. The number of halogens is 1. The molecule has 0 fully saturated rings. The van der Waals surface area contributed by atoms with Gasteiger partial charge in [-0.05, 0) is 26.0 Å². The van der Waals surface area contributed by atoms with Gasteiger partial charge in [-0.3, -0.25) is 0 Å². The van der Waals surface area contributed by atoms with E-state index in [1.54, 1.807) is 12.1 Å². The molecule has 0 aliphatic rings. The molecule has 14 heavy (non-hydrogen) atoms. The molecular formula is C10H15FN2O. The first-order valence-electron chi connectivity index (χ1n) is 4.70. The van der Waals surface area contributed by atoms with Gasteiger partial charge in [0.05, 0.1) is 6.10 Å². The first-order valence-corrected chi connectivity index (χ1v) is 4.70. The molecule has 0 spiro atoms. The summed E-state index contributed by atoms with van der Waals surface area (Å²) in [5.41, 5.74) is 0. The first kappa shape index (κ1) is 10.9. The molecule has 1 atom stereocenters. The minimum atomic E-state index is -0.473. The van der Waals surface area contributed by atoms with Crippen LogP contribution in [0.1, 0.15) is 13.8 Å². The normalized spacial score (nSPS) is 12.5. The molecule has 1 rings (SSSR count). The third-order valence-electron chi connectivity index (χ3n) is 1.74. The summed E-state index contributed by atoms with van der Waals surface area (Å²) in [4.78, 5) is 3.67. The Morgan fingerprint density at radius 2 is 2.36 bits per heavy atom. The second-order valence-electron chi connectivity index (χ2n) is 2.99. The lowest BCUT2D eigenvalue weighted by Gasteiger charge is -2.12. The van der Waals surface area contributed by atoms with Gasteiger partial charge in [-0.1, -0.05) is 6.07 Å². The summed E-state index contributed by atoms with van der Waals surface area (Å²) in [7, 11) is 0. The largest absolute Gasteiger partial charge is 0.377 e. The van der Waals surface area contributed by atoms with Crippen LogP contribution >= 0.6 is 0 Å². The second-order valence-corrected chi connectivity index (χ2v) is 2.99. The van der Waals surface area contributed by atoms with E-state index in [0.29, 0.717) is 19.0 Å². The van der Waals surface area contributed by atoms with E-state index in [2.05, 4.69) is 10.3 Å². The molecule has 1 aromatic heterocycles. The van der Waals surface area contributed by atoms with E-state index < -0.39 is 5.95 Å². The quantitative estimate of drug-likeness (QED) is 0.735. The molecule has 78 valence electrons. The summed E-state index contributed by atoms with van der Waals surface area (Å²) in [6.07, 6.45) is 0.102. The lowest BCUT2D eigenvalue weighted by molar-refractivity contribution is 0.0854. The predicted octanol–water partition coefficient (Wildman–Crippen LogP) is 2.06. The zero-order valence-electron chi connectivity index (χ0n) is 8.46. The van der Waals surface area contributed by atoms with E-state index >= 15 is 0 Å². The third kappa shape index (κ3) is 3.70. The van der Waals surface area contributed by atoms with E-state index in [1.165, 1.54) is 6.07 Å². The number of pyridine rings is 1. The van der Waals surface area contributed by atoms with E-state index in [-0.39, 0.29) is 6.10 Å². The van der Waals surface area contributed by atoms with Crippen molar-refractivity contribution in [1.29, 1.82) is 0 Å². The van der Waals surface area contributed by atoms with Crippen molar-refractivity contribution < 1.29 is 9.13 Å². The fourth-order valence-corrected chi connectivity index (χ4v) is 1.10. The number of nitrogens with zero attached hydrogens (tertiary/aromatic N) is 1. The molecule has 0 saturated carbocycles. The Morgan fingerprint density at radius 1 is 1.57 bits per heavy atom. The first-order chi connectivity index (χ1) is 6.72. The standard InChI is InChI=1S/C10H15FN2O/c1-3-14-8(2)7-12-10-6-4-5-9(11)13-10/h4-6,8H,3,7H2,1-2H3,(H,12,13). The molecule has 0 saturated heterocycles. The van der Waals surface area contributed by atoms with Gasteiger partial charge in [0, 0.05) is 13.2 Å². The number of anilines is 1. The van der Waals surface area contributed by atoms with Crippen LogP contribution in [0.15, 0.2) is 18.2 Å². The highest BCUT2D eigenvalue weighted by Crippen LogP contribution is 2.03. The van der Waals surface area contributed by atoms with Gasteiger partial charge >= 0.3 is 0 Å². The topological polar surface area (TPSA) is 34.1 Å². The van der Waals surface area contributed by atoms with Crippen molar-refractivity contribution in [2.45, 2.75) is 20.0 Å². The van der Waals surface area contributed by atoms with Crippen molar-refractivity contribution in [2.75, 3.05) is 18.5 Å². The average molecular weight is 198 g/mol. The maximum atomic E-state index is 12.7. The Hall–Kier alpha value is -1.16. The molecule has 0 aliphatic carbocycles. The Balaban J connectivity index is 2.37. The molecule has 3 nitrogen and oxygen atoms in total. The van der Waals surface area contributed by atoms with Crippen LogP contribution in [0.3, 0.4) is 0 Å². The van der Waals surface area contributed by atoms with Gasteiger partial charge in [0.2, 0.25) is 5.95 Å². The summed E-state index contributed by atoms with van der Waals surface area (Å²) < 4.78 is 18.0. The maximum absolute atomic E-state index is 12.7. The van der Waals surface area contributed by atoms with Gasteiger partial charge in [-0.2, -0.15) is 4.39 Å². The summed E-state index contributed by atoms with van der Waals surface area (Å²) >= 11 is 0. The Bertz CT molecular complexity index is 281. The summed E-state index contributed by atoms with van der Waals surface area (Å²) in [5, 5.41) is 2.99. The van der Waals surface area contributed by atoms with Crippen LogP contribution in [-0.2, 0) is 4.74 Å². The fourth-order valence-electron chi connectivity index (χ4n) is 1.10. The number of hydrogen-bond donors (Lipinski definition) is 1. The van der Waals surface area contributed by atoms with E-state index in [4.69, 9.17) is 4.74 Å². The van der Waals surface area contributed by atoms with Crippen LogP contribution in [0, 0.1) is 5.95 Å². The van der Waals surface area contributed by atoms with Gasteiger partial charge in [-0.25, -0.2) is 4.98 Å². The molecular weight excluding hydrogens is 183 g/mol. The molecule has 0 bridgehead atoms. The SMILES string of the molecule is CCOC(C)CNc1cccc(F)n1. The molecule has 1 N–H and O–H groups in total. The molecule has 0 radical (unpaired) electrons. The molecule has 4 heteroatoms. The van der Waals surface area contributed by atoms with Gasteiger partial charge < -0.3 is 10.1 Å². The molecule has 0 aromatic carbocycles. The number of hydrogen-bond acceptors (Lipinski definition) is 3. The van der Waals surface area contributed by atoms with Crippen molar-refractivity contribution >= 4 is 5.82 Å². The second kappa shape index (κ2) is 5.54. The van der Waals surface area contributed by atoms with Crippen molar-refractivity contribution in [1.82, 2.24) is 4.98 Å². The van der Waals surface area contributed by atoms with Crippen molar-refractivity contribution in [3.63, 3.8) is 0 Å². The van der Waals surface area contributed by atoms with Gasteiger partial charge in [0.1, 0.15) is 5.82 Å². The summed E-state index contributed by atoms with van der Waals surface area (Å²) in [6.45, 7) is 5.20. The number of nitrogens with one attached hydrogen (secondary N) is 1. The van der Waals surface area contributed by atoms with Crippen molar-refractivity contribution in [3.05, 3.63) is 24.1 Å². The highest BCUT2D eigenvalue weighted by Gasteiger charge is 2.01. The van der Waals surface area contributed by atoms with Crippen molar-refractivity contribution in [2.24, 2.45) is 0 Å². The molecule has 0 amide bonds. The van der Waals surface area contributed by atoms with Crippen LogP contribution in [0.2, 0.25) is 0 Å². The van der Waals surface area contributed by atoms with Gasteiger partial charge in [-0.15, -0.1) is 0 Å². The molecule has 1 unspecified atom stereocenters. The Morgan fingerprint density at radius 3 is 3.00 bits per heavy atom. The summed E-state index contributed by atoms with van der Waals surface area (Å²) in [6, 6.07) is 4.66. The van der Waals surface area contributed by atoms with Crippen molar-refractivity contribution in [3.8, 4) is 0 Å². The monoisotopic (exact) mass is 198 g/mol. The zero-order valence-corrected chi connectivity index (χ0v) is 8.46. The number of ether oxygens (including phenoxy) is 1. The average Bonchev–Trinajstić information content (AvgIpc) is 2.15. The zero-order chi connectivity index (χ0) is 10.4. The summed E-state index contributed by atoms with van der Waals surface area (Å²) in [5.74, 6) is 0.0654. The van der Waals surface area contributed by atoms with Crippen LogP contribution in [0.25, 0.3) is 0 Å². The lowest BCUT2D eigenvalue weighted by atomic mass is 10.4. The third-order valence-corrected chi connectivity index (χ3v) is 1.74. The van der Waals surface area contributed by atoms with Gasteiger partial charge in [0.25, 0.3) is 0 Å². The highest BCUT2D eigenvalue weighted by atomic mass is 19.1. The minimum Gasteiger partial charge on any atom is -0.377 e. The van der Waals surface area contributed by atoms with Crippen LogP contribution in [-0.4, -0.2) is 24.2 Å². The van der Waals surface area contributed by atoms with Crippen LogP contribution in [0.5, 0.6) is 0 Å². The van der Waals surface area contributed by atoms with E-state index in [1.807, 2.05) is 13.8 Å². The highest BCUT2D eigenvalue weighted by molar-refractivity contribution is 5.33. The van der Waals surface area contributed by atoms with Gasteiger partial charge in [0.15, 0.2) is 0 Å². The number of aromatic nitrogens is 1. The fraction of sp³-hybridized carbons (Fsp3) is 0.500. The number of rotatable bonds is 5. The molecule has 0 aliphatic heterocycles. The maximum Gasteiger partial charge on any atom is 0.214 e. The predicted molar refractivity (Wildman–Crippen MR) is 53.8 cm³/mol. The van der Waals surface area contributed by atoms with Crippen LogP contribution in [0.4, 0.5) is 10.2 Å². The van der Waals surface area contributed by atoms with E-state index in [9.17, 15) is 4.39 Å². The molecule has 1 heterocycles. The smallest absolute Gasteiger partial charge is 0.214 e. The molecule has 1 aromatic rings.